The van der Waals surface area contributed by atoms with E-state index >= 15 is 0 Å². The number of likely N-dealkylation sites (N-methyl/N-ethyl adjacent to an activating group) is 1. The van der Waals surface area contributed by atoms with Gasteiger partial charge in [0.15, 0.2) is 0 Å². The van der Waals surface area contributed by atoms with E-state index in [0.29, 0.717) is 40.3 Å². The highest BCUT2D eigenvalue weighted by Gasteiger charge is 2.21. The first-order chi connectivity index (χ1) is 19.7. The van der Waals surface area contributed by atoms with E-state index in [2.05, 4.69) is 40.4 Å². The minimum absolute atomic E-state index is 0.0903. The predicted octanol–water partition coefficient (Wildman–Crippen LogP) is 5.13. The molecule has 0 aliphatic heterocycles. The molecule has 0 radical (unpaired) electrons. The van der Waals surface area contributed by atoms with Gasteiger partial charge in [-0.2, -0.15) is 0 Å². The van der Waals surface area contributed by atoms with Crippen LogP contribution in [-0.2, 0) is 17.7 Å². The van der Waals surface area contributed by atoms with Crippen LogP contribution >= 0.6 is 0 Å². The van der Waals surface area contributed by atoms with Crippen molar-refractivity contribution in [3.63, 3.8) is 0 Å². The Morgan fingerprint density at radius 3 is 2.66 bits per heavy atom. The van der Waals surface area contributed by atoms with Crippen molar-refractivity contribution in [3.8, 4) is 0 Å². The molecule has 0 spiro atoms. The molecule has 218 valence electrons. The molecule has 0 saturated heterocycles. The monoisotopic (exact) mass is 559 g/mol. The molecule has 0 unspecified atom stereocenters. The van der Waals surface area contributed by atoms with Crippen LogP contribution in [0.2, 0.25) is 0 Å². The first kappa shape index (κ1) is 31.2. The van der Waals surface area contributed by atoms with Gasteiger partial charge in [-0.15, -0.1) is 0 Å². The second-order valence-electron chi connectivity index (χ2n) is 9.73. The number of aliphatic hydroxyl groups is 1. The van der Waals surface area contributed by atoms with Gasteiger partial charge >= 0.3 is 0 Å². The van der Waals surface area contributed by atoms with E-state index in [0.717, 1.165) is 31.8 Å². The van der Waals surface area contributed by atoms with Crippen molar-refractivity contribution in [3.05, 3.63) is 115 Å². The minimum atomic E-state index is -0.435. The maximum absolute atomic E-state index is 13.2. The summed E-state index contributed by atoms with van der Waals surface area (Å²) in [5, 5.41) is 13.7. The lowest BCUT2D eigenvalue weighted by Crippen LogP contribution is -2.31. The molecule has 2 aromatic heterocycles. The molecule has 0 saturated carbocycles. The Labute approximate surface area is 241 Å². The number of methoxy groups -OCH3 is 1. The summed E-state index contributed by atoms with van der Waals surface area (Å²) >= 11 is 0. The molecule has 0 amide bonds. The summed E-state index contributed by atoms with van der Waals surface area (Å²) in [6, 6.07) is 0. The van der Waals surface area contributed by atoms with Crippen molar-refractivity contribution in [1.82, 2.24) is 24.6 Å². The molecule has 0 bridgehead atoms. The van der Waals surface area contributed by atoms with Gasteiger partial charge in [0.2, 0.25) is 0 Å². The van der Waals surface area contributed by atoms with Crippen LogP contribution in [0.15, 0.2) is 75.8 Å². The van der Waals surface area contributed by atoms with Gasteiger partial charge in [0, 0.05) is 18.5 Å². The largest absolute Gasteiger partial charge is 0.512 e. The first-order valence-electron chi connectivity index (χ1n) is 13.9. The lowest BCUT2D eigenvalue weighted by atomic mass is 10.1. The van der Waals surface area contributed by atoms with E-state index in [1.807, 2.05) is 44.2 Å². The maximum atomic E-state index is 13.2. The summed E-state index contributed by atoms with van der Waals surface area (Å²) < 4.78 is 6.66. The Bertz CT molecular complexity index is 1540. The molecule has 3 rings (SSSR count). The van der Waals surface area contributed by atoms with Gasteiger partial charge in [-0.25, -0.2) is 4.98 Å². The Hall–Kier alpha value is -4.37. The van der Waals surface area contributed by atoms with E-state index in [1.165, 1.54) is 0 Å². The smallest absolute Gasteiger partial charge is 0.275 e. The zero-order valence-corrected chi connectivity index (χ0v) is 24.7. The average Bonchev–Trinajstić information content (AvgIpc) is 3.16. The van der Waals surface area contributed by atoms with E-state index in [-0.39, 0.29) is 23.4 Å². The van der Waals surface area contributed by atoms with Crippen LogP contribution < -0.4 is 11.1 Å². The fourth-order valence-corrected chi connectivity index (χ4v) is 4.48. The highest BCUT2D eigenvalue weighted by atomic mass is 16.5. The first-order valence-corrected chi connectivity index (χ1v) is 13.9. The zero-order valence-electron chi connectivity index (χ0n) is 24.7. The third-order valence-electron chi connectivity index (χ3n) is 6.72. The van der Waals surface area contributed by atoms with Crippen molar-refractivity contribution >= 4 is 17.7 Å². The normalized spacial score (nSPS) is 14.1. The number of nitrogens with zero attached hydrogens (tertiary/aromatic N) is 3. The Morgan fingerprint density at radius 1 is 1.20 bits per heavy atom. The number of aliphatic hydroxyl groups excluding tert-OH is 1. The quantitative estimate of drug-likeness (QED) is 0.231. The molecular weight excluding hydrogens is 518 g/mol. The highest BCUT2D eigenvalue weighted by Crippen LogP contribution is 2.23. The number of ether oxygens (including phenoxy) is 1. The molecule has 0 fully saturated rings. The molecule has 2 aromatic rings. The second-order valence-corrected chi connectivity index (χ2v) is 9.73. The van der Waals surface area contributed by atoms with E-state index in [9.17, 15) is 14.7 Å². The van der Waals surface area contributed by atoms with Crippen LogP contribution in [-0.4, -0.2) is 56.5 Å². The van der Waals surface area contributed by atoms with E-state index in [1.54, 1.807) is 36.1 Å². The summed E-state index contributed by atoms with van der Waals surface area (Å²) in [6.45, 7) is 15.1. The number of hydrogen-bond donors (Lipinski definition) is 3. The summed E-state index contributed by atoms with van der Waals surface area (Å²) in [7, 11) is 1.61. The Kier molecular flexibility index (Phi) is 11.3. The zero-order chi connectivity index (χ0) is 29.9. The molecule has 41 heavy (non-hydrogen) atoms. The number of aromatic amines is 2. The number of hydrogen-bond acceptors (Lipinski definition) is 6. The van der Waals surface area contributed by atoms with Gasteiger partial charge in [-0.05, 0) is 57.2 Å². The van der Waals surface area contributed by atoms with Crippen LogP contribution in [0.4, 0.5) is 0 Å². The van der Waals surface area contributed by atoms with Crippen LogP contribution in [0.3, 0.4) is 0 Å². The number of nitrogens with one attached hydrogen (secondary N) is 2. The fraction of sp³-hybridized carbons (Fsp3) is 0.344. The van der Waals surface area contributed by atoms with Crippen LogP contribution in [0, 0.1) is 0 Å². The third kappa shape index (κ3) is 8.08. The van der Waals surface area contributed by atoms with Gasteiger partial charge in [-0.1, -0.05) is 56.9 Å². The van der Waals surface area contributed by atoms with E-state index < -0.39 is 5.56 Å². The van der Waals surface area contributed by atoms with Gasteiger partial charge in [0.05, 0.1) is 47.8 Å². The molecule has 2 heterocycles. The average molecular weight is 560 g/mol. The Balaban J connectivity index is 1.95. The second kappa shape index (κ2) is 14.9. The highest BCUT2D eigenvalue weighted by molar-refractivity contribution is 5.79. The van der Waals surface area contributed by atoms with Crippen LogP contribution in [0.5, 0.6) is 0 Å². The number of rotatable bonds is 13. The van der Waals surface area contributed by atoms with Crippen LogP contribution in [0.25, 0.3) is 17.7 Å². The van der Waals surface area contributed by atoms with Crippen molar-refractivity contribution in [2.75, 3.05) is 26.7 Å². The SMILES string of the molecule is C=C(c1[nH]n(CCN(CC)CCC)c(=O)c1/C=C\C)c1nc2c([nH]c1=O)C=C(/C=C/C=C\C=C(/C)OC)C=C(O)C2. The predicted molar refractivity (Wildman–Crippen MR) is 167 cm³/mol. The van der Waals surface area contributed by atoms with Crippen molar-refractivity contribution in [2.45, 2.75) is 47.1 Å². The van der Waals surface area contributed by atoms with E-state index in [4.69, 9.17) is 4.74 Å². The van der Waals surface area contributed by atoms with Gasteiger partial charge < -0.3 is 19.7 Å². The van der Waals surface area contributed by atoms with Gasteiger partial charge in [0.25, 0.3) is 11.1 Å². The van der Waals surface area contributed by atoms with Crippen LogP contribution in [0.1, 0.15) is 62.5 Å². The molecule has 3 N–H and O–H groups in total. The lowest BCUT2D eigenvalue weighted by Gasteiger charge is -2.19. The summed E-state index contributed by atoms with van der Waals surface area (Å²) in [6.07, 6.45) is 17.2. The molecule has 1 aliphatic carbocycles. The summed E-state index contributed by atoms with van der Waals surface area (Å²) in [4.78, 5) is 36.3. The van der Waals surface area contributed by atoms with Crippen molar-refractivity contribution in [1.29, 1.82) is 0 Å². The fourth-order valence-electron chi connectivity index (χ4n) is 4.48. The number of aromatic nitrogens is 4. The van der Waals surface area contributed by atoms with Crippen molar-refractivity contribution < 1.29 is 9.84 Å². The molecule has 9 nitrogen and oxygen atoms in total. The maximum Gasteiger partial charge on any atom is 0.275 e. The lowest BCUT2D eigenvalue weighted by molar-refractivity contribution is 0.270. The molecular formula is C32H41N5O4. The summed E-state index contributed by atoms with van der Waals surface area (Å²) in [5.41, 5.74) is 2.35. The third-order valence-corrected chi connectivity index (χ3v) is 6.72. The molecule has 0 atom stereocenters. The minimum Gasteiger partial charge on any atom is -0.512 e. The van der Waals surface area contributed by atoms with Crippen molar-refractivity contribution in [2.24, 2.45) is 0 Å². The number of fused-ring (bicyclic) bond motifs is 1. The summed E-state index contributed by atoms with van der Waals surface area (Å²) in [5.74, 6) is 0.890. The molecule has 1 aliphatic rings. The molecule has 9 heteroatoms. The standard InChI is InChI=1S/C32H41N5O4/c1-7-13-26-29(35-37(32(26)40)18-17-36(9-3)16-8-2)23(5)30-31(39)34-27-20-24(19-25(38)21-28(27)33-30)15-12-10-11-14-22(4)41-6/h7,10-15,19-20,35,38H,5,8-9,16-18,21H2,1-4,6H3,(H,34,39)/b11-10-,13-7-,15-12+,22-14+. The van der Waals surface area contributed by atoms with Gasteiger partial charge in [-0.3, -0.25) is 19.4 Å². The number of H-pyrrole nitrogens is 2. The topological polar surface area (TPSA) is 116 Å². The molecule has 0 aromatic carbocycles. The Morgan fingerprint density at radius 2 is 1.98 bits per heavy atom. The van der Waals surface area contributed by atoms with Gasteiger partial charge in [0.1, 0.15) is 5.69 Å². The number of allylic oxidation sites excluding steroid dienone is 10.